The Morgan fingerprint density at radius 3 is 2.56 bits per heavy atom. The van der Waals surface area contributed by atoms with Crippen molar-refractivity contribution in [3.05, 3.63) is 51.2 Å². The van der Waals surface area contributed by atoms with Gasteiger partial charge < -0.3 is 5.11 Å². The Bertz CT molecular complexity index is 629. The van der Waals surface area contributed by atoms with Crippen molar-refractivity contribution in [3.8, 4) is 11.1 Å². The Morgan fingerprint density at radius 2 is 1.89 bits per heavy atom. The highest BCUT2D eigenvalue weighted by Gasteiger charge is 2.17. The first kappa shape index (κ1) is 13.1. The number of rotatable bonds is 2. The van der Waals surface area contributed by atoms with Gasteiger partial charge in [-0.05, 0) is 18.2 Å². The van der Waals surface area contributed by atoms with Crippen molar-refractivity contribution in [1.82, 2.24) is 4.98 Å². The van der Waals surface area contributed by atoms with E-state index in [2.05, 4.69) is 4.98 Å². The minimum absolute atomic E-state index is 0.0993. The number of pyridine rings is 1. The quantitative estimate of drug-likeness (QED) is 0.836. The number of nitrogens with zero attached hydrogens (tertiary/aromatic N) is 1. The number of benzene rings is 1. The number of carboxylic acids is 1. The van der Waals surface area contributed by atoms with Gasteiger partial charge in [-0.15, -0.1) is 0 Å². The molecule has 0 aliphatic heterocycles. The average Bonchev–Trinajstić information content (AvgIpc) is 2.33. The molecule has 92 valence electrons. The fourth-order valence-electron chi connectivity index (χ4n) is 1.55. The van der Waals surface area contributed by atoms with Gasteiger partial charge in [0.15, 0.2) is 5.69 Å². The molecule has 0 unspecified atom stereocenters. The second-order valence-electron chi connectivity index (χ2n) is 3.45. The largest absolute Gasteiger partial charge is 0.476 e. The predicted molar refractivity (Wildman–Crippen MR) is 71.7 cm³/mol. The average molecular weight is 303 g/mol. The van der Waals surface area contributed by atoms with Gasteiger partial charge in [0.1, 0.15) is 0 Å². The number of hydrogen-bond acceptors (Lipinski definition) is 2. The summed E-state index contributed by atoms with van der Waals surface area (Å²) >= 11 is 17.9. The Kier molecular flexibility index (Phi) is 3.76. The van der Waals surface area contributed by atoms with E-state index in [0.717, 1.165) is 0 Å². The van der Waals surface area contributed by atoms with Crippen LogP contribution in [0.2, 0.25) is 15.1 Å². The van der Waals surface area contributed by atoms with Gasteiger partial charge in [-0.2, -0.15) is 0 Å². The zero-order valence-electron chi connectivity index (χ0n) is 8.82. The van der Waals surface area contributed by atoms with Gasteiger partial charge >= 0.3 is 5.97 Å². The summed E-state index contributed by atoms with van der Waals surface area (Å²) in [6.07, 6.45) is 1.40. The van der Waals surface area contributed by atoms with E-state index in [-0.39, 0.29) is 15.7 Å². The standard InChI is InChI=1S/C12H6Cl3NO2/c13-6-4-8(10(15)9(14)5-6)7-2-1-3-16-11(7)12(17)18/h1-5H,(H,17,18). The van der Waals surface area contributed by atoms with E-state index in [1.54, 1.807) is 18.2 Å². The van der Waals surface area contributed by atoms with Crippen molar-refractivity contribution < 1.29 is 9.90 Å². The first-order valence-electron chi connectivity index (χ1n) is 4.84. The summed E-state index contributed by atoms with van der Waals surface area (Å²) < 4.78 is 0. The smallest absolute Gasteiger partial charge is 0.355 e. The number of hydrogen-bond donors (Lipinski definition) is 1. The summed E-state index contributed by atoms with van der Waals surface area (Å²) in [6.45, 7) is 0. The lowest BCUT2D eigenvalue weighted by Gasteiger charge is -2.09. The SMILES string of the molecule is O=C(O)c1ncccc1-c1cc(Cl)cc(Cl)c1Cl. The van der Waals surface area contributed by atoms with Crippen molar-refractivity contribution >= 4 is 40.8 Å². The van der Waals surface area contributed by atoms with Crippen LogP contribution in [0.5, 0.6) is 0 Å². The van der Waals surface area contributed by atoms with Crippen LogP contribution in [0.1, 0.15) is 10.5 Å². The van der Waals surface area contributed by atoms with E-state index in [4.69, 9.17) is 39.9 Å². The lowest BCUT2D eigenvalue weighted by molar-refractivity contribution is 0.0691. The molecule has 2 rings (SSSR count). The minimum Gasteiger partial charge on any atom is -0.476 e. The number of aromatic nitrogens is 1. The lowest BCUT2D eigenvalue weighted by atomic mass is 10.0. The van der Waals surface area contributed by atoms with Crippen LogP contribution < -0.4 is 0 Å². The van der Waals surface area contributed by atoms with Crippen LogP contribution in [0, 0.1) is 0 Å². The molecule has 1 aromatic heterocycles. The van der Waals surface area contributed by atoms with E-state index in [9.17, 15) is 4.79 Å². The maximum atomic E-state index is 11.1. The Labute approximate surface area is 118 Å². The summed E-state index contributed by atoms with van der Waals surface area (Å²) in [5.74, 6) is -1.14. The molecule has 6 heteroatoms. The van der Waals surface area contributed by atoms with Crippen molar-refractivity contribution in [3.63, 3.8) is 0 Å². The molecule has 0 aliphatic rings. The van der Waals surface area contributed by atoms with Gasteiger partial charge in [0, 0.05) is 22.3 Å². The summed E-state index contributed by atoms with van der Waals surface area (Å²) in [5.41, 5.74) is 0.719. The first-order chi connectivity index (χ1) is 8.50. The molecule has 1 N–H and O–H groups in total. The maximum Gasteiger partial charge on any atom is 0.355 e. The van der Waals surface area contributed by atoms with Gasteiger partial charge in [0.05, 0.1) is 10.0 Å². The maximum absolute atomic E-state index is 11.1. The molecular formula is C12H6Cl3NO2. The lowest BCUT2D eigenvalue weighted by Crippen LogP contribution is -2.02. The zero-order valence-corrected chi connectivity index (χ0v) is 11.1. The summed E-state index contributed by atoms with van der Waals surface area (Å²) in [6, 6.07) is 6.27. The molecule has 0 spiro atoms. The van der Waals surface area contributed by atoms with Crippen LogP contribution in [0.15, 0.2) is 30.5 Å². The molecule has 1 heterocycles. The Balaban J connectivity index is 2.73. The predicted octanol–water partition coefficient (Wildman–Crippen LogP) is 4.41. The van der Waals surface area contributed by atoms with Gasteiger partial charge in [-0.25, -0.2) is 9.78 Å². The van der Waals surface area contributed by atoms with Crippen LogP contribution in [0.3, 0.4) is 0 Å². The van der Waals surface area contributed by atoms with Crippen LogP contribution in [-0.2, 0) is 0 Å². The minimum atomic E-state index is -1.14. The van der Waals surface area contributed by atoms with E-state index >= 15 is 0 Å². The summed E-state index contributed by atoms with van der Waals surface area (Å²) in [7, 11) is 0. The second kappa shape index (κ2) is 5.14. The fourth-order valence-corrected chi connectivity index (χ4v) is 2.25. The van der Waals surface area contributed by atoms with E-state index in [0.29, 0.717) is 16.1 Å². The van der Waals surface area contributed by atoms with E-state index < -0.39 is 5.97 Å². The summed E-state index contributed by atoms with van der Waals surface area (Å²) in [5, 5.41) is 9.97. The Morgan fingerprint density at radius 1 is 1.17 bits per heavy atom. The third kappa shape index (κ3) is 2.43. The molecular weight excluding hydrogens is 296 g/mol. The van der Waals surface area contributed by atoms with Crippen LogP contribution >= 0.6 is 34.8 Å². The van der Waals surface area contributed by atoms with Crippen molar-refractivity contribution in [1.29, 1.82) is 0 Å². The third-order valence-electron chi connectivity index (χ3n) is 2.29. The molecule has 0 fully saturated rings. The molecule has 1 aromatic carbocycles. The van der Waals surface area contributed by atoms with Crippen LogP contribution in [0.4, 0.5) is 0 Å². The monoisotopic (exact) mass is 301 g/mol. The molecule has 18 heavy (non-hydrogen) atoms. The van der Waals surface area contributed by atoms with Gasteiger partial charge in [-0.1, -0.05) is 40.9 Å². The number of carboxylic acid groups (broad SMARTS) is 1. The topological polar surface area (TPSA) is 50.2 Å². The molecule has 2 aromatic rings. The first-order valence-corrected chi connectivity index (χ1v) is 5.97. The zero-order chi connectivity index (χ0) is 13.3. The highest BCUT2D eigenvalue weighted by Crippen LogP contribution is 2.37. The van der Waals surface area contributed by atoms with E-state index in [1.165, 1.54) is 12.3 Å². The number of halogens is 3. The normalized spacial score (nSPS) is 10.4. The molecule has 0 aliphatic carbocycles. The molecule has 0 radical (unpaired) electrons. The van der Waals surface area contributed by atoms with E-state index in [1.807, 2.05) is 0 Å². The molecule has 0 amide bonds. The molecule has 0 atom stereocenters. The second-order valence-corrected chi connectivity index (χ2v) is 4.68. The van der Waals surface area contributed by atoms with Crippen molar-refractivity contribution in [2.45, 2.75) is 0 Å². The van der Waals surface area contributed by atoms with Gasteiger partial charge in [0.2, 0.25) is 0 Å². The molecule has 0 bridgehead atoms. The fraction of sp³-hybridized carbons (Fsp3) is 0. The van der Waals surface area contributed by atoms with Crippen molar-refractivity contribution in [2.24, 2.45) is 0 Å². The van der Waals surface area contributed by atoms with Gasteiger partial charge in [0.25, 0.3) is 0 Å². The number of carbonyl (C=O) groups is 1. The van der Waals surface area contributed by atoms with Crippen LogP contribution in [0.25, 0.3) is 11.1 Å². The van der Waals surface area contributed by atoms with Crippen LogP contribution in [-0.4, -0.2) is 16.1 Å². The summed E-state index contributed by atoms with van der Waals surface area (Å²) in [4.78, 5) is 14.9. The molecule has 0 saturated carbocycles. The highest BCUT2D eigenvalue weighted by atomic mass is 35.5. The molecule has 3 nitrogen and oxygen atoms in total. The highest BCUT2D eigenvalue weighted by molar-refractivity contribution is 6.45. The number of aromatic carboxylic acids is 1. The third-order valence-corrected chi connectivity index (χ3v) is 3.31. The van der Waals surface area contributed by atoms with Crippen molar-refractivity contribution in [2.75, 3.05) is 0 Å². The van der Waals surface area contributed by atoms with Gasteiger partial charge in [-0.3, -0.25) is 0 Å². The molecule has 0 saturated heterocycles. The Hall–Kier alpha value is -1.29.